The van der Waals surface area contributed by atoms with Gasteiger partial charge >= 0.3 is 6.18 Å². The smallest absolute Gasteiger partial charge is 0.422 e. The molecule has 0 aliphatic heterocycles. The van der Waals surface area contributed by atoms with Crippen LogP contribution in [0.4, 0.5) is 18.9 Å². The summed E-state index contributed by atoms with van der Waals surface area (Å²) >= 11 is 0. The fourth-order valence-electron chi connectivity index (χ4n) is 1.86. The fourth-order valence-corrected chi connectivity index (χ4v) is 1.86. The molecule has 1 unspecified atom stereocenters. The number of ether oxygens (including phenoxy) is 1. The lowest BCUT2D eigenvalue weighted by Gasteiger charge is -2.17. The van der Waals surface area contributed by atoms with Gasteiger partial charge in [-0.3, -0.25) is 0 Å². The van der Waals surface area contributed by atoms with E-state index < -0.39 is 12.8 Å². The summed E-state index contributed by atoms with van der Waals surface area (Å²) in [5, 5.41) is 3.29. The van der Waals surface area contributed by atoms with E-state index in [0.717, 1.165) is 12.1 Å². The minimum Gasteiger partial charge on any atom is -0.484 e. The Labute approximate surface area is 112 Å². The molecule has 1 aromatic rings. The average molecular weight is 275 g/mol. The fraction of sp³-hybridized carbons (Fsp3) is 0.571. The van der Waals surface area contributed by atoms with Crippen LogP contribution in [0.1, 0.15) is 27.2 Å². The first kappa shape index (κ1) is 15.7. The van der Waals surface area contributed by atoms with Crippen molar-refractivity contribution in [1.82, 2.24) is 0 Å². The zero-order valence-corrected chi connectivity index (χ0v) is 11.4. The summed E-state index contributed by atoms with van der Waals surface area (Å²) in [6.07, 6.45) is -3.27. The maximum Gasteiger partial charge on any atom is 0.422 e. The molecule has 0 bridgehead atoms. The number of anilines is 1. The van der Waals surface area contributed by atoms with Crippen molar-refractivity contribution in [2.45, 2.75) is 39.4 Å². The summed E-state index contributed by atoms with van der Waals surface area (Å²) in [7, 11) is 0. The molecule has 0 saturated carbocycles. The highest BCUT2D eigenvalue weighted by atomic mass is 19.4. The molecule has 19 heavy (non-hydrogen) atoms. The minimum atomic E-state index is -4.30. The molecule has 108 valence electrons. The molecular weight excluding hydrogens is 255 g/mol. The van der Waals surface area contributed by atoms with E-state index in [4.69, 9.17) is 0 Å². The van der Waals surface area contributed by atoms with Gasteiger partial charge in [-0.05, 0) is 43.5 Å². The van der Waals surface area contributed by atoms with Crippen molar-refractivity contribution in [3.8, 4) is 5.75 Å². The van der Waals surface area contributed by atoms with Gasteiger partial charge < -0.3 is 10.1 Å². The van der Waals surface area contributed by atoms with E-state index in [1.807, 2.05) is 0 Å². The van der Waals surface area contributed by atoms with Gasteiger partial charge in [0.2, 0.25) is 0 Å². The molecule has 0 fully saturated rings. The van der Waals surface area contributed by atoms with Crippen LogP contribution in [-0.4, -0.2) is 18.8 Å². The van der Waals surface area contributed by atoms with Gasteiger partial charge in [0.15, 0.2) is 6.61 Å². The van der Waals surface area contributed by atoms with Gasteiger partial charge in [0.25, 0.3) is 0 Å². The average Bonchev–Trinajstić information content (AvgIpc) is 2.26. The van der Waals surface area contributed by atoms with E-state index >= 15 is 0 Å². The van der Waals surface area contributed by atoms with Crippen LogP contribution in [0.25, 0.3) is 0 Å². The van der Waals surface area contributed by atoms with Crippen molar-refractivity contribution in [3.05, 3.63) is 24.3 Å². The molecule has 0 radical (unpaired) electrons. The molecule has 0 spiro atoms. The number of benzene rings is 1. The van der Waals surface area contributed by atoms with Crippen LogP contribution >= 0.6 is 0 Å². The Hall–Kier alpha value is -1.39. The zero-order valence-electron chi connectivity index (χ0n) is 11.4. The number of nitrogens with one attached hydrogen (secondary N) is 1. The van der Waals surface area contributed by atoms with Gasteiger partial charge in [0.1, 0.15) is 5.75 Å². The molecule has 0 aliphatic rings. The highest BCUT2D eigenvalue weighted by Gasteiger charge is 2.28. The van der Waals surface area contributed by atoms with Gasteiger partial charge in [0.05, 0.1) is 0 Å². The third-order valence-electron chi connectivity index (χ3n) is 2.49. The molecule has 1 rings (SSSR count). The van der Waals surface area contributed by atoms with E-state index in [1.54, 1.807) is 12.1 Å². The molecule has 0 saturated heterocycles. The van der Waals surface area contributed by atoms with Gasteiger partial charge in [-0.15, -0.1) is 0 Å². The van der Waals surface area contributed by atoms with Crippen molar-refractivity contribution in [1.29, 1.82) is 0 Å². The number of hydrogen-bond acceptors (Lipinski definition) is 2. The standard InChI is InChI=1S/C14H20F3NO/c1-10(2)8-11(3)18-12-4-6-13(7-5-12)19-9-14(15,16)17/h4-7,10-11,18H,8-9H2,1-3H3. The highest BCUT2D eigenvalue weighted by Crippen LogP contribution is 2.21. The quantitative estimate of drug-likeness (QED) is 0.826. The second kappa shape index (κ2) is 6.68. The van der Waals surface area contributed by atoms with Crippen molar-refractivity contribution in [3.63, 3.8) is 0 Å². The zero-order chi connectivity index (χ0) is 14.5. The van der Waals surface area contributed by atoms with Crippen LogP contribution in [0.3, 0.4) is 0 Å². The summed E-state index contributed by atoms with van der Waals surface area (Å²) in [5.74, 6) is 0.816. The van der Waals surface area contributed by atoms with E-state index in [0.29, 0.717) is 12.0 Å². The summed E-state index contributed by atoms with van der Waals surface area (Å²) in [5.41, 5.74) is 0.882. The maximum absolute atomic E-state index is 12.0. The van der Waals surface area contributed by atoms with E-state index in [2.05, 4.69) is 30.8 Å². The summed E-state index contributed by atoms with van der Waals surface area (Å²) in [6.45, 7) is 5.11. The Morgan fingerprint density at radius 2 is 1.68 bits per heavy atom. The van der Waals surface area contributed by atoms with Crippen molar-refractivity contribution in [2.24, 2.45) is 5.92 Å². The largest absolute Gasteiger partial charge is 0.484 e. The topological polar surface area (TPSA) is 21.3 Å². The van der Waals surface area contributed by atoms with Crippen LogP contribution in [0.2, 0.25) is 0 Å². The minimum absolute atomic E-state index is 0.222. The van der Waals surface area contributed by atoms with Gasteiger partial charge in [-0.1, -0.05) is 13.8 Å². The lowest BCUT2D eigenvalue weighted by atomic mass is 10.1. The molecule has 5 heteroatoms. The number of alkyl halides is 3. The SMILES string of the molecule is CC(C)CC(C)Nc1ccc(OCC(F)(F)F)cc1. The lowest BCUT2D eigenvalue weighted by Crippen LogP contribution is -2.19. The monoisotopic (exact) mass is 275 g/mol. The second-order valence-corrected chi connectivity index (χ2v) is 5.10. The predicted octanol–water partition coefficient (Wildman–Crippen LogP) is 4.47. The van der Waals surface area contributed by atoms with E-state index in [-0.39, 0.29) is 5.75 Å². The molecule has 2 nitrogen and oxygen atoms in total. The molecule has 1 N–H and O–H groups in total. The third-order valence-corrected chi connectivity index (χ3v) is 2.49. The van der Waals surface area contributed by atoms with Crippen molar-refractivity contribution < 1.29 is 17.9 Å². The Bertz CT molecular complexity index is 373. The molecule has 0 heterocycles. The first-order valence-corrected chi connectivity index (χ1v) is 6.32. The van der Waals surface area contributed by atoms with Crippen molar-refractivity contribution in [2.75, 3.05) is 11.9 Å². The number of hydrogen-bond donors (Lipinski definition) is 1. The number of rotatable bonds is 6. The van der Waals surface area contributed by atoms with Crippen LogP contribution in [0, 0.1) is 5.92 Å². The first-order chi connectivity index (χ1) is 8.76. The van der Waals surface area contributed by atoms with Crippen molar-refractivity contribution >= 4 is 5.69 Å². The Kier molecular flexibility index (Phi) is 5.51. The summed E-state index contributed by atoms with van der Waals surface area (Å²) in [4.78, 5) is 0. The molecule has 1 atom stereocenters. The molecule has 0 aliphatic carbocycles. The van der Waals surface area contributed by atoms with Crippen LogP contribution in [0.5, 0.6) is 5.75 Å². The second-order valence-electron chi connectivity index (χ2n) is 5.10. The van der Waals surface area contributed by atoms with Crippen LogP contribution in [0.15, 0.2) is 24.3 Å². The normalized spacial score (nSPS) is 13.4. The van der Waals surface area contributed by atoms with Gasteiger partial charge in [-0.2, -0.15) is 13.2 Å². The number of halogens is 3. The van der Waals surface area contributed by atoms with Gasteiger partial charge in [-0.25, -0.2) is 0 Å². The lowest BCUT2D eigenvalue weighted by molar-refractivity contribution is -0.153. The summed E-state index contributed by atoms with van der Waals surface area (Å²) < 4.78 is 40.6. The Morgan fingerprint density at radius 1 is 1.11 bits per heavy atom. The molecular formula is C14H20F3NO. The van der Waals surface area contributed by atoms with E-state index in [1.165, 1.54) is 12.1 Å². The van der Waals surface area contributed by atoms with E-state index in [9.17, 15) is 13.2 Å². The van der Waals surface area contributed by atoms with Crippen LogP contribution in [-0.2, 0) is 0 Å². The van der Waals surface area contributed by atoms with Crippen LogP contribution < -0.4 is 10.1 Å². The molecule has 0 amide bonds. The molecule has 0 aromatic heterocycles. The summed E-state index contributed by atoms with van der Waals surface area (Å²) in [6, 6.07) is 6.85. The molecule has 1 aromatic carbocycles. The van der Waals surface area contributed by atoms with Gasteiger partial charge in [0, 0.05) is 11.7 Å². The third kappa shape index (κ3) is 6.94. The Morgan fingerprint density at radius 3 is 2.16 bits per heavy atom. The predicted molar refractivity (Wildman–Crippen MR) is 70.5 cm³/mol. The maximum atomic E-state index is 12.0. The Balaban J connectivity index is 2.47. The first-order valence-electron chi connectivity index (χ1n) is 6.32. The highest BCUT2D eigenvalue weighted by molar-refractivity contribution is 5.46.